The van der Waals surface area contributed by atoms with Crippen molar-refractivity contribution in [2.75, 3.05) is 18.6 Å². The first-order chi connectivity index (χ1) is 9.02. The van der Waals surface area contributed by atoms with Gasteiger partial charge in [0.25, 0.3) is 5.91 Å². The van der Waals surface area contributed by atoms with Crippen LogP contribution in [0.15, 0.2) is 24.3 Å². The Morgan fingerprint density at radius 2 is 2.05 bits per heavy atom. The number of carbonyl (C=O) groups is 1. The molecule has 0 saturated heterocycles. The zero-order valence-electron chi connectivity index (χ0n) is 11.1. The van der Waals surface area contributed by atoms with Crippen LogP contribution in [0.1, 0.15) is 22.8 Å². The van der Waals surface area contributed by atoms with Gasteiger partial charge in [-0.05, 0) is 31.2 Å². The van der Waals surface area contributed by atoms with E-state index in [-0.39, 0.29) is 11.9 Å². The highest BCUT2D eigenvalue weighted by Gasteiger charge is 2.10. The Hall–Kier alpha value is -1.64. The summed E-state index contributed by atoms with van der Waals surface area (Å²) >= 11 is 0. The van der Waals surface area contributed by atoms with Gasteiger partial charge in [0, 0.05) is 40.0 Å². The topological polar surface area (TPSA) is 72.2 Å². The minimum Gasteiger partial charge on any atom is -0.349 e. The largest absolute Gasteiger partial charge is 0.349 e. The molecule has 0 aromatic heterocycles. The van der Waals surface area contributed by atoms with E-state index in [9.17, 15) is 9.00 Å². The van der Waals surface area contributed by atoms with Crippen LogP contribution < -0.4 is 11.1 Å². The Labute approximate surface area is 116 Å². The highest BCUT2D eigenvalue weighted by molar-refractivity contribution is 7.84. The predicted octanol–water partition coefficient (Wildman–Crippen LogP) is 0.494. The van der Waals surface area contributed by atoms with Crippen molar-refractivity contribution in [1.82, 2.24) is 5.32 Å². The number of nitrogens with one attached hydrogen (secondary N) is 1. The molecule has 0 aliphatic rings. The lowest BCUT2D eigenvalue weighted by molar-refractivity contribution is 0.0943. The first kappa shape index (κ1) is 15.4. The Morgan fingerprint density at radius 3 is 2.58 bits per heavy atom. The van der Waals surface area contributed by atoms with E-state index in [4.69, 9.17) is 5.73 Å². The van der Waals surface area contributed by atoms with Crippen molar-refractivity contribution in [2.45, 2.75) is 13.0 Å². The number of nitrogens with two attached hydrogens (primary N) is 1. The fourth-order valence-electron chi connectivity index (χ4n) is 1.56. The van der Waals surface area contributed by atoms with Crippen LogP contribution in [0.5, 0.6) is 0 Å². The minimum atomic E-state index is -0.921. The predicted molar refractivity (Wildman–Crippen MR) is 78.2 cm³/mol. The second-order valence-corrected chi connectivity index (χ2v) is 5.68. The molecule has 0 bridgehead atoms. The van der Waals surface area contributed by atoms with Crippen molar-refractivity contribution in [2.24, 2.45) is 5.73 Å². The Balaban J connectivity index is 2.65. The first-order valence-corrected chi connectivity index (χ1v) is 7.65. The molecule has 0 heterocycles. The van der Waals surface area contributed by atoms with Crippen molar-refractivity contribution in [3.8, 4) is 11.8 Å². The molecule has 1 rings (SSSR count). The zero-order chi connectivity index (χ0) is 14.3. The molecule has 0 aliphatic heterocycles. The second-order valence-electron chi connectivity index (χ2n) is 4.20. The summed E-state index contributed by atoms with van der Waals surface area (Å²) in [4.78, 5) is 11.9. The number of benzene rings is 1. The molecule has 3 N–H and O–H groups in total. The number of amides is 1. The van der Waals surface area contributed by atoms with Gasteiger partial charge in [0.2, 0.25) is 0 Å². The number of hydrogen-bond donors (Lipinski definition) is 2. The van der Waals surface area contributed by atoms with Crippen molar-refractivity contribution in [3.63, 3.8) is 0 Å². The fraction of sp³-hybridized carbons (Fsp3) is 0.357. The van der Waals surface area contributed by atoms with Crippen LogP contribution in [0.4, 0.5) is 0 Å². The van der Waals surface area contributed by atoms with E-state index < -0.39 is 10.8 Å². The van der Waals surface area contributed by atoms with Crippen LogP contribution in [-0.4, -0.2) is 34.7 Å². The normalized spacial score (nSPS) is 13.0. The molecule has 102 valence electrons. The minimum absolute atomic E-state index is 0.116. The lowest BCUT2D eigenvalue weighted by atomic mass is 10.1. The summed E-state index contributed by atoms with van der Waals surface area (Å²) in [6.07, 6.45) is 1.62. The smallest absolute Gasteiger partial charge is 0.251 e. The van der Waals surface area contributed by atoms with Crippen molar-refractivity contribution < 1.29 is 9.00 Å². The van der Waals surface area contributed by atoms with Gasteiger partial charge in [-0.25, -0.2) is 0 Å². The molecule has 1 aromatic carbocycles. The molecule has 19 heavy (non-hydrogen) atoms. The summed E-state index contributed by atoms with van der Waals surface area (Å²) in [5.41, 5.74) is 6.67. The van der Waals surface area contributed by atoms with Crippen LogP contribution in [-0.2, 0) is 10.8 Å². The summed E-state index contributed by atoms with van der Waals surface area (Å²) in [6, 6.07) is 6.87. The van der Waals surface area contributed by atoms with Gasteiger partial charge in [-0.3, -0.25) is 9.00 Å². The molecule has 0 spiro atoms. The lowest BCUT2D eigenvalue weighted by Gasteiger charge is -2.12. The van der Waals surface area contributed by atoms with E-state index in [0.717, 1.165) is 5.56 Å². The quantitative estimate of drug-likeness (QED) is 0.788. The van der Waals surface area contributed by atoms with Gasteiger partial charge >= 0.3 is 0 Å². The molecule has 0 fully saturated rings. The Bertz CT molecular complexity index is 514. The maximum atomic E-state index is 11.9. The van der Waals surface area contributed by atoms with Gasteiger partial charge in [0.15, 0.2) is 0 Å². The Kier molecular flexibility index (Phi) is 6.26. The molecule has 0 saturated carbocycles. The van der Waals surface area contributed by atoms with Crippen molar-refractivity contribution in [1.29, 1.82) is 0 Å². The average molecular weight is 278 g/mol. The molecule has 5 heteroatoms. The van der Waals surface area contributed by atoms with E-state index in [1.807, 2.05) is 6.92 Å². The molecule has 2 atom stereocenters. The summed E-state index contributed by atoms with van der Waals surface area (Å²) in [6.45, 7) is 2.15. The molecular formula is C14H18N2O2S. The maximum absolute atomic E-state index is 11.9. The average Bonchev–Trinajstić information content (AvgIpc) is 2.35. The fourth-order valence-corrected chi connectivity index (χ4v) is 2.35. The summed E-state index contributed by atoms with van der Waals surface area (Å²) in [7, 11) is -0.921. The third kappa shape index (κ3) is 5.69. The van der Waals surface area contributed by atoms with Crippen molar-refractivity contribution >= 4 is 16.7 Å². The highest BCUT2D eigenvalue weighted by atomic mass is 32.2. The number of rotatable bonds is 4. The second kappa shape index (κ2) is 7.72. The molecule has 2 unspecified atom stereocenters. The van der Waals surface area contributed by atoms with E-state index in [0.29, 0.717) is 17.9 Å². The summed E-state index contributed by atoms with van der Waals surface area (Å²) < 4.78 is 11.1. The van der Waals surface area contributed by atoms with E-state index in [2.05, 4.69) is 17.2 Å². The van der Waals surface area contributed by atoms with Gasteiger partial charge in [-0.2, -0.15) is 0 Å². The Morgan fingerprint density at radius 1 is 1.42 bits per heavy atom. The maximum Gasteiger partial charge on any atom is 0.251 e. The van der Waals surface area contributed by atoms with E-state index in [1.165, 1.54) is 0 Å². The van der Waals surface area contributed by atoms with Gasteiger partial charge in [0.1, 0.15) is 0 Å². The van der Waals surface area contributed by atoms with E-state index >= 15 is 0 Å². The first-order valence-electron chi connectivity index (χ1n) is 5.93. The van der Waals surface area contributed by atoms with Crippen LogP contribution >= 0.6 is 0 Å². The summed E-state index contributed by atoms with van der Waals surface area (Å²) in [5.74, 6) is 5.92. The molecular weight excluding hydrogens is 260 g/mol. The van der Waals surface area contributed by atoms with Gasteiger partial charge in [-0.1, -0.05) is 11.8 Å². The van der Waals surface area contributed by atoms with Gasteiger partial charge in [0.05, 0.1) is 6.54 Å². The lowest BCUT2D eigenvalue weighted by Crippen LogP contribution is -2.36. The van der Waals surface area contributed by atoms with Gasteiger partial charge in [-0.15, -0.1) is 0 Å². The molecule has 4 nitrogen and oxygen atoms in total. The van der Waals surface area contributed by atoms with Crippen LogP contribution in [0, 0.1) is 11.8 Å². The van der Waals surface area contributed by atoms with Gasteiger partial charge < -0.3 is 11.1 Å². The van der Waals surface area contributed by atoms with Crippen LogP contribution in [0.3, 0.4) is 0 Å². The van der Waals surface area contributed by atoms with Crippen molar-refractivity contribution in [3.05, 3.63) is 35.4 Å². The number of carbonyl (C=O) groups excluding carboxylic acids is 1. The molecule has 1 amide bonds. The number of hydrogen-bond acceptors (Lipinski definition) is 3. The standard InChI is InChI=1S/C14H18N2O2S/c1-11(10-19(2)18)16-14(17)13-7-5-12(6-8-13)4-3-9-15/h5-8,11H,9-10,15H2,1-2H3,(H,16,17). The summed E-state index contributed by atoms with van der Waals surface area (Å²) in [5, 5.41) is 2.80. The zero-order valence-corrected chi connectivity index (χ0v) is 11.9. The molecule has 0 aliphatic carbocycles. The molecule has 1 aromatic rings. The third-order valence-corrected chi connectivity index (χ3v) is 3.31. The van der Waals surface area contributed by atoms with Crippen LogP contribution in [0.25, 0.3) is 0 Å². The molecule has 0 radical (unpaired) electrons. The van der Waals surface area contributed by atoms with E-state index in [1.54, 1.807) is 30.5 Å². The highest BCUT2D eigenvalue weighted by Crippen LogP contribution is 2.04. The monoisotopic (exact) mass is 278 g/mol. The third-order valence-electron chi connectivity index (χ3n) is 2.34. The SMILES string of the molecule is CC(CS(C)=O)NC(=O)c1ccc(C#CCN)cc1. The van der Waals surface area contributed by atoms with Crippen LogP contribution in [0.2, 0.25) is 0 Å².